The Labute approximate surface area is 73.2 Å². The molecule has 74 valence electrons. The van der Waals surface area contributed by atoms with Crippen molar-refractivity contribution in [3.63, 3.8) is 0 Å². The fraction of sp³-hybridized carbons (Fsp3) is 1.00. The molecule has 0 aromatic carbocycles. The van der Waals surface area contributed by atoms with E-state index in [1.165, 1.54) is 0 Å². The number of rotatable bonds is 5. The summed E-state index contributed by atoms with van der Waals surface area (Å²) < 4.78 is 21.5. The van der Waals surface area contributed by atoms with Crippen molar-refractivity contribution in [2.45, 2.75) is 39.9 Å². The first kappa shape index (κ1) is 12.1. The molecule has 0 saturated heterocycles. The fourth-order valence-corrected chi connectivity index (χ4v) is 1.92. The van der Waals surface area contributed by atoms with Crippen LogP contribution in [0.3, 0.4) is 0 Å². The number of nitrogens with two attached hydrogens (primary N) is 1. The summed E-state index contributed by atoms with van der Waals surface area (Å²) in [6.45, 7) is 7.03. The second-order valence-corrected chi connectivity index (χ2v) is 4.61. The predicted octanol–water partition coefficient (Wildman–Crippen LogP) is 1.41. The average molecular weight is 196 g/mol. The van der Waals surface area contributed by atoms with E-state index < -0.39 is 7.75 Å². The molecule has 0 rings (SSSR count). The minimum atomic E-state index is -3.28. The summed E-state index contributed by atoms with van der Waals surface area (Å²) in [4.78, 5) is 0. The van der Waals surface area contributed by atoms with Gasteiger partial charge in [-0.05, 0) is 27.7 Å². The van der Waals surface area contributed by atoms with E-state index in [0.717, 1.165) is 0 Å². The first-order valence-electron chi connectivity index (χ1n) is 3.84. The first-order chi connectivity index (χ1) is 5.39. The van der Waals surface area contributed by atoms with Crippen LogP contribution in [0.2, 0.25) is 0 Å². The van der Waals surface area contributed by atoms with E-state index >= 15 is 0 Å². The highest BCUT2D eigenvalue weighted by atomic mass is 31.2. The van der Waals surface area contributed by atoms with Gasteiger partial charge >= 0.3 is 7.75 Å². The standard InChI is InChI=1S/C6H17N2O3P/c1-5(2)10-12(9,8-7)11-6(3)4/h5-6H,7H2,1-4H3,(H,8,9). The van der Waals surface area contributed by atoms with Gasteiger partial charge in [0.1, 0.15) is 0 Å². The molecule has 0 aromatic heterocycles. The third kappa shape index (κ3) is 4.85. The lowest BCUT2D eigenvalue weighted by Gasteiger charge is -2.20. The van der Waals surface area contributed by atoms with Gasteiger partial charge in [0, 0.05) is 0 Å². The fourth-order valence-electron chi connectivity index (χ4n) is 0.641. The van der Waals surface area contributed by atoms with Crippen LogP contribution >= 0.6 is 7.75 Å². The molecular formula is C6H17N2O3P. The maximum Gasteiger partial charge on any atom is 0.419 e. The third-order valence-electron chi connectivity index (χ3n) is 0.857. The molecule has 0 aliphatic carbocycles. The monoisotopic (exact) mass is 196 g/mol. The Bertz CT molecular complexity index is 158. The van der Waals surface area contributed by atoms with Crippen molar-refractivity contribution in [3.8, 4) is 0 Å². The molecule has 3 N–H and O–H groups in total. The highest BCUT2D eigenvalue weighted by Crippen LogP contribution is 2.44. The molecule has 0 spiro atoms. The van der Waals surface area contributed by atoms with E-state index in [-0.39, 0.29) is 12.2 Å². The number of hydrogen-bond acceptors (Lipinski definition) is 4. The summed E-state index contributed by atoms with van der Waals surface area (Å²) in [7, 11) is -3.28. The average Bonchev–Trinajstić information content (AvgIpc) is 1.83. The van der Waals surface area contributed by atoms with Crippen LogP contribution in [-0.4, -0.2) is 12.2 Å². The zero-order valence-corrected chi connectivity index (χ0v) is 8.80. The zero-order valence-electron chi connectivity index (χ0n) is 7.90. The van der Waals surface area contributed by atoms with E-state index in [4.69, 9.17) is 14.9 Å². The van der Waals surface area contributed by atoms with Crippen molar-refractivity contribution in [1.29, 1.82) is 0 Å². The highest BCUT2D eigenvalue weighted by molar-refractivity contribution is 7.51. The highest BCUT2D eigenvalue weighted by Gasteiger charge is 2.25. The second kappa shape index (κ2) is 4.94. The zero-order chi connectivity index (χ0) is 9.78. The summed E-state index contributed by atoms with van der Waals surface area (Å²) in [5.41, 5.74) is 0. The molecule has 6 heteroatoms. The molecule has 0 fully saturated rings. The molecule has 0 radical (unpaired) electrons. The van der Waals surface area contributed by atoms with Gasteiger partial charge in [-0.1, -0.05) is 0 Å². The lowest BCUT2D eigenvalue weighted by atomic mass is 10.5. The normalized spacial score (nSPS) is 12.9. The van der Waals surface area contributed by atoms with Gasteiger partial charge in [-0.2, -0.15) is 5.20 Å². The van der Waals surface area contributed by atoms with Crippen LogP contribution in [0, 0.1) is 0 Å². The smallest absolute Gasteiger partial charge is 0.293 e. The van der Waals surface area contributed by atoms with Crippen LogP contribution in [0.25, 0.3) is 0 Å². The molecule has 5 nitrogen and oxygen atoms in total. The molecule has 0 unspecified atom stereocenters. The molecule has 0 aliphatic heterocycles. The molecular weight excluding hydrogens is 179 g/mol. The van der Waals surface area contributed by atoms with Crippen LogP contribution in [-0.2, 0) is 13.6 Å². The Balaban J connectivity index is 4.15. The van der Waals surface area contributed by atoms with Gasteiger partial charge in [0.05, 0.1) is 12.2 Å². The van der Waals surface area contributed by atoms with Gasteiger partial charge in [0.2, 0.25) is 0 Å². The van der Waals surface area contributed by atoms with Gasteiger partial charge in [0.25, 0.3) is 0 Å². The summed E-state index contributed by atoms with van der Waals surface area (Å²) in [5, 5.41) is 2.05. The third-order valence-corrected chi connectivity index (χ3v) is 2.57. The van der Waals surface area contributed by atoms with Crippen molar-refractivity contribution in [2.75, 3.05) is 0 Å². The lowest BCUT2D eigenvalue weighted by molar-refractivity contribution is 0.135. The SMILES string of the molecule is CC(C)OP(=O)(NN)OC(C)C. The molecule has 0 aromatic rings. The van der Waals surface area contributed by atoms with Crippen molar-refractivity contribution in [2.24, 2.45) is 5.84 Å². The summed E-state index contributed by atoms with van der Waals surface area (Å²) in [6.07, 6.45) is -0.378. The molecule has 0 amide bonds. The quantitative estimate of drug-likeness (QED) is 0.395. The molecule has 12 heavy (non-hydrogen) atoms. The minimum absolute atomic E-state index is 0.189. The van der Waals surface area contributed by atoms with Crippen molar-refractivity contribution >= 4 is 7.75 Å². The Morgan fingerprint density at radius 3 is 1.67 bits per heavy atom. The Kier molecular flexibility index (Phi) is 4.97. The van der Waals surface area contributed by atoms with Gasteiger partial charge in [0.15, 0.2) is 0 Å². The van der Waals surface area contributed by atoms with E-state index in [9.17, 15) is 4.57 Å². The number of hydrogen-bond donors (Lipinski definition) is 2. The Morgan fingerprint density at radius 1 is 1.17 bits per heavy atom. The molecule has 0 bridgehead atoms. The minimum Gasteiger partial charge on any atom is -0.293 e. The topological polar surface area (TPSA) is 73.6 Å². The van der Waals surface area contributed by atoms with Crippen LogP contribution < -0.4 is 11.0 Å². The van der Waals surface area contributed by atoms with Gasteiger partial charge in [-0.3, -0.25) is 14.9 Å². The predicted molar refractivity (Wildman–Crippen MR) is 47.4 cm³/mol. The summed E-state index contributed by atoms with van der Waals surface area (Å²) in [6, 6.07) is 0. The van der Waals surface area contributed by atoms with Crippen LogP contribution in [0.4, 0.5) is 0 Å². The maximum absolute atomic E-state index is 11.5. The Morgan fingerprint density at radius 2 is 1.50 bits per heavy atom. The Hall–Kier alpha value is 0.0700. The molecule has 0 aliphatic rings. The van der Waals surface area contributed by atoms with E-state index in [1.807, 2.05) is 0 Å². The van der Waals surface area contributed by atoms with Crippen molar-refractivity contribution in [3.05, 3.63) is 0 Å². The molecule has 0 saturated carbocycles. The van der Waals surface area contributed by atoms with Gasteiger partial charge in [-0.25, -0.2) is 4.57 Å². The second-order valence-electron chi connectivity index (χ2n) is 2.93. The van der Waals surface area contributed by atoms with E-state index in [0.29, 0.717) is 0 Å². The van der Waals surface area contributed by atoms with Gasteiger partial charge in [-0.15, -0.1) is 0 Å². The van der Waals surface area contributed by atoms with E-state index in [1.54, 1.807) is 27.7 Å². The van der Waals surface area contributed by atoms with Crippen LogP contribution in [0.5, 0.6) is 0 Å². The molecule has 0 atom stereocenters. The summed E-state index contributed by atoms with van der Waals surface area (Å²) >= 11 is 0. The van der Waals surface area contributed by atoms with Crippen molar-refractivity contribution in [1.82, 2.24) is 5.20 Å². The lowest BCUT2D eigenvalue weighted by Crippen LogP contribution is -2.24. The largest absolute Gasteiger partial charge is 0.419 e. The van der Waals surface area contributed by atoms with Crippen LogP contribution in [0.15, 0.2) is 0 Å². The van der Waals surface area contributed by atoms with Gasteiger partial charge < -0.3 is 0 Å². The maximum atomic E-state index is 11.5. The summed E-state index contributed by atoms with van der Waals surface area (Å²) in [5.74, 6) is 5.04. The van der Waals surface area contributed by atoms with Crippen molar-refractivity contribution < 1.29 is 13.6 Å². The van der Waals surface area contributed by atoms with Crippen LogP contribution in [0.1, 0.15) is 27.7 Å². The number of hydrazine groups is 1. The molecule has 0 heterocycles. The van der Waals surface area contributed by atoms with E-state index in [2.05, 4.69) is 5.20 Å². The first-order valence-corrected chi connectivity index (χ1v) is 5.38. The number of nitrogens with one attached hydrogen (secondary N) is 1.